The van der Waals surface area contributed by atoms with Crippen LogP contribution in [0.5, 0.6) is 0 Å². The van der Waals surface area contributed by atoms with Gasteiger partial charge in [-0.3, -0.25) is 4.68 Å². The van der Waals surface area contributed by atoms with Crippen molar-refractivity contribution in [1.29, 1.82) is 0 Å². The van der Waals surface area contributed by atoms with Crippen molar-refractivity contribution in [2.45, 2.75) is 10.9 Å². The molecule has 120 valence electrons. The van der Waals surface area contributed by atoms with Crippen molar-refractivity contribution >= 4 is 33.0 Å². The number of aromatic nitrogens is 2. The Hall–Kier alpha value is -1.67. The standard InChI is InChI=1S/C15H14ClN3O2S2/c16-13-4-1-2-5-15(13)23(20,21)18-10-14(12-6-9-22-11-12)19-8-3-7-17-19/h1-9,11,14,18H,10H2. The topological polar surface area (TPSA) is 64.0 Å². The van der Waals surface area contributed by atoms with Crippen LogP contribution in [-0.2, 0) is 10.0 Å². The monoisotopic (exact) mass is 367 g/mol. The Kier molecular flexibility index (Phi) is 4.82. The third kappa shape index (κ3) is 3.64. The van der Waals surface area contributed by atoms with Crippen molar-refractivity contribution in [3.05, 3.63) is 70.1 Å². The molecule has 1 atom stereocenters. The first-order chi connectivity index (χ1) is 11.1. The van der Waals surface area contributed by atoms with Crippen molar-refractivity contribution in [1.82, 2.24) is 14.5 Å². The molecule has 0 amide bonds. The van der Waals surface area contributed by atoms with Crippen LogP contribution in [0.15, 0.2) is 64.4 Å². The van der Waals surface area contributed by atoms with Gasteiger partial charge in [-0.25, -0.2) is 13.1 Å². The fraction of sp³-hybridized carbons (Fsp3) is 0.133. The van der Waals surface area contributed by atoms with E-state index in [9.17, 15) is 8.42 Å². The van der Waals surface area contributed by atoms with E-state index in [1.807, 2.05) is 29.1 Å². The Morgan fingerprint density at radius 3 is 2.74 bits per heavy atom. The summed E-state index contributed by atoms with van der Waals surface area (Å²) >= 11 is 7.55. The van der Waals surface area contributed by atoms with Gasteiger partial charge >= 0.3 is 0 Å². The molecule has 0 aliphatic carbocycles. The van der Waals surface area contributed by atoms with Crippen LogP contribution >= 0.6 is 22.9 Å². The van der Waals surface area contributed by atoms with Gasteiger partial charge in [0.25, 0.3) is 0 Å². The quantitative estimate of drug-likeness (QED) is 0.727. The van der Waals surface area contributed by atoms with Crippen LogP contribution in [-0.4, -0.2) is 24.7 Å². The van der Waals surface area contributed by atoms with E-state index in [-0.39, 0.29) is 22.5 Å². The molecule has 2 heterocycles. The van der Waals surface area contributed by atoms with Crippen LogP contribution in [0, 0.1) is 0 Å². The Morgan fingerprint density at radius 2 is 2.09 bits per heavy atom. The minimum Gasteiger partial charge on any atom is -0.264 e. The first-order valence-corrected chi connectivity index (χ1v) is 9.64. The lowest BCUT2D eigenvalue weighted by Crippen LogP contribution is -2.31. The van der Waals surface area contributed by atoms with Gasteiger partial charge in [-0.2, -0.15) is 16.4 Å². The van der Waals surface area contributed by atoms with Crippen LogP contribution in [0.3, 0.4) is 0 Å². The van der Waals surface area contributed by atoms with Crippen molar-refractivity contribution in [2.75, 3.05) is 6.54 Å². The van der Waals surface area contributed by atoms with E-state index in [1.54, 1.807) is 40.4 Å². The number of thiophene rings is 1. The molecule has 0 spiro atoms. The normalized spacial score (nSPS) is 13.1. The van der Waals surface area contributed by atoms with Gasteiger partial charge in [0.15, 0.2) is 0 Å². The number of sulfonamides is 1. The maximum absolute atomic E-state index is 12.5. The van der Waals surface area contributed by atoms with Crippen LogP contribution in [0.25, 0.3) is 0 Å². The molecule has 1 N–H and O–H groups in total. The average Bonchev–Trinajstić information content (AvgIpc) is 3.21. The molecule has 0 saturated carbocycles. The number of nitrogens with one attached hydrogen (secondary N) is 1. The van der Waals surface area contributed by atoms with E-state index >= 15 is 0 Å². The summed E-state index contributed by atoms with van der Waals surface area (Å²) in [4.78, 5) is 0.0752. The summed E-state index contributed by atoms with van der Waals surface area (Å²) in [5.74, 6) is 0. The highest BCUT2D eigenvalue weighted by Gasteiger charge is 2.21. The molecule has 23 heavy (non-hydrogen) atoms. The van der Waals surface area contributed by atoms with Gasteiger partial charge in [0.1, 0.15) is 4.90 Å². The molecule has 0 saturated heterocycles. The van der Waals surface area contributed by atoms with E-state index in [2.05, 4.69) is 9.82 Å². The van der Waals surface area contributed by atoms with Crippen LogP contribution < -0.4 is 4.72 Å². The Morgan fingerprint density at radius 1 is 1.26 bits per heavy atom. The second-order valence-corrected chi connectivity index (χ2v) is 7.76. The third-order valence-corrected chi connectivity index (χ3v) is 5.99. The largest absolute Gasteiger partial charge is 0.264 e. The average molecular weight is 368 g/mol. The van der Waals surface area contributed by atoms with Crippen molar-refractivity contribution in [3.8, 4) is 0 Å². The molecule has 8 heteroatoms. The summed E-state index contributed by atoms with van der Waals surface area (Å²) in [6.45, 7) is 0.186. The maximum atomic E-state index is 12.5. The third-order valence-electron chi connectivity index (χ3n) is 3.37. The zero-order chi connectivity index (χ0) is 16.3. The lowest BCUT2D eigenvalue weighted by atomic mass is 10.1. The molecule has 5 nitrogen and oxygen atoms in total. The smallest absolute Gasteiger partial charge is 0.242 e. The molecule has 0 aliphatic rings. The van der Waals surface area contributed by atoms with E-state index in [0.29, 0.717) is 0 Å². The molecule has 1 unspecified atom stereocenters. The highest BCUT2D eigenvalue weighted by molar-refractivity contribution is 7.89. The summed E-state index contributed by atoms with van der Waals surface area (Å²) < 4.78 is 29.3. The van der Waals surface area contributed by atoms with Gasteiger partial charge in [0, 0.05) is 18.9 Å². The minimum absolute atomic E-state index is 0.0752. The van der Waals surface area contributed by atoms with Crippen molar-refractivity contribution in [2.24, 2.45) is 0 Å². The second kappa shape index (κ2) is 6.84. The molecule has 3 rings (SSSR count). The van der Waals surface area contributed by atoms with Gasteiger partial charge < -0.3 is 0 Å². The predicted octanol–water partition coefficient (Wildman–Crippen LogP) is 3.17. The number of nitrogens with zero attached hydrogens (tertiary/aromatic N) is 2. The maximum Gasteiger partial charge on any atom is 0.242 e. The Balaban J connectivity index is 1.84. The zero-order valence-electron chi connectivity index (χ0n) is 12.0. The van der Waals surface area contributed by atoms with Crippen LogP contribution in [0.2, 0.25) is 5.02 Å². The lowest BCUT2D eigenvalue weighted by molar-refractivity contribution is 0.506. The summed E-state index contributed by atoms with van der Waals surface area (Å²) in [5.41, 5.74) is 1.00. The predicted molar refractivity (Wildman–Crippen MR) is 91.3 cm³/mol. The lowest BCUT2D eigenvalue weighted by Gasteiger charge is -2.18. The van der Waals surface area contributed by atoms with E-state index in [0.717, 1.165) is 5.56 Å². The SMILES string of the molecule is O=S(=O)(NCC(c1ccsc1)n1cccn1)c1ccccc1Cl. The van der Waals surface area contributed by atoms with E-state index in [4.69, 9.17) is 11.6 Å². The molecule has 2 aromatic heterocycles. The number of hydrogen-bond donors (Lipinski definition) is 1. The van der Waals surface area contributed by atoms with Gasteiger partial charge in [-0.1, -0.05) is 23.7 Å². The first kappa shape index (κ1) is 16.2. The Bertz CT molecular complexity index is 828. The molecule has 0 aliphatic heterocycles. The summed E-state index contributed by atoms with van der Waals surface area (Å²) in [6, 6.07) is 9.93. The highest BCUT2D eigenvalue weighted by atomic mass is 35.5. The fourth-order valence-electron chi connectivity index (χ4n) is 2.22. The second-order valence-electron chi connectivity index (χ2n) is 4.84. The summed E-state index contributed by atoms with van der Waals surface area (Å²) in [7, 11) is -3.69. The van der Waals surface area contributed by atoms with Crippen molar-refractivity contribution < 1.29 is 8.42 Å². The molecule has 3 aromatic rings. The van der Waals surface area contributed by atoms with E-state index in [1.165, 1.54) is 6.07 Å². The van der Waals surface area contributed by atoms with Gasteiger partial charge in [0.05, 0.1) is 11.1 Å². The molecule has 1 aromatic carbocycles. The van der Waals surface area contributed by atoms with Gasteiger partial charge in [-0.15, -0.1) is 0 Å². The van der Waals surface area contributed by atoms with Gasteiger partial charge in [-0.05, 0) is 40.6 Å². The number of rotatable bonds is 6. The summed E-state index contributed by atoms with van der Waals surface area (Å²) in [5, 5.41) is 8.36. The molecule has 0 bridgehead atoms. The molecular formula is C15H14ClN3O2S2. The highest BCUT2D eigenvalue weighted by Crippen LogP contribution is 2.23. The van der Waals surface area contributed by atoms with Crippen LogP contribution in [0.1, 0.15) is 11.6 Å². The van der Waals surface area contributed by atoms with Crippen molar-refractivity contribution in [3.63, 3.8) is 0 Å². The fourth-order valence-corrected chi connectivity index (χ4v) is 4.49. The number of halogens is 1. The van der Waals surface area contributed by atoms with Crippen LogP contribution in [0.4, 0.5) is 0 Å². The first-order valence-electron chi connectivity index (χ1n) is 6.83. The number of hydrogen-bond acceptors (Lipinski definition) is 4. The zero-order valence-corrected chi connectivity index (χ0v) is 14.4. The summed E-state index contributed by atoms with van der Waals surface area (Å²) in [6.07, 6.45) is 3.48. The molecule has 0 radical (unpaired) electrons. The molecule has 0 fully saturated rings. The van der Waals surface area contributed by atoms with Gasteiger partial charge in [0.2, 0.25) is 10.0 Å². The number of benzene rings is 1. The molecular weight excluding hydrogens is 354 g/mol. The minimum atomic E-state index is -3.69. The van der Waals surface area contributed by atoms with E-state index < -0.39 is 10.0 Å². The Labute approximate surface area is 143 Å².